The van der Waals surface area contributed by atoms with Crippen LogP contribution in [0, 0.1) is 11.2 Å². The number of nitrogens with one attached hydrogen (secondary N) is 1. The molecular formula is C16H19FN2S. The van der Waals surface area contributed by atoms with Crippen LogP contribution in [-0.2, 0) is 6.42 Å². The molecule has 0 radical (unpaired) electrons. The highest BCUT2D eigenvalue weighted by Crippen LogP contribution is 2.44. The van der Waals surface area contributed by atoms with Gasteiger partial charge >= 0.3 is 0 Å². The maximum atomic E-state index is 13.9. The molecule has 0 bridgehead atoms. The molecule has 20 heavy (non-hydrogen) atoms. The smallest absolute Gasteiger partial charge is 0.133 e. The Bertz CT molecular complexity index is 633. The molecule has 106 valence electrons. The normalized spacial score (nSPS) is 20.7. The van der Waals surface area contributed by atoms with Gasteiger partial charge in [0.05, 0.1) is 5.69 Å². The Morgan fingerprint density at radius 1 is 1.35 bits per heavy atom. The highest BCUT2D eigenvalue weighted by Gasteiger charge is 2.34. The van der Waals surface area contributed by atoms with Crippen molar-refractivity contribution in [2.24, 2.45) is 5.41 Å². The predicted octanol–water partition coefficient (Wildman–Crippen LogP) is 4.18. The van der Waals surface area contributed by atoms with Gasteiger partial charge in [0.15, 0.2) is 0 Å². The summed E-state index contributed by atoms with van der Waals surface area (Å²) in [4.78, 5) is 5.98. The molecule has 0 fully saturated rings. The standard InChI is InChI=1S/C16H19FN2S/c1-16(2)8-12(18-3)14-13(9-16)19-15(20-14)10-6-4-5-7-11(10)17/h4-7,12,18H,8-9H2,1-3H3. The first-order valence-corrected chi connectivity index (χ1v) is 7.73. The summed E-state index contributed by atoms with van der Waals surface area (Å²) in [6.07, 6.45) is 2.06. The molecule has 1 aliphatic rings. The molecule has 0 spiro atoms. The molecule has 0 saturated carbocycles. The first-order valence-electron chi connectivity index (χ1n) is 6.92. The van der Waals surface area contributed by atoms with E-state index < -0.39 is 0 Å². The Morgan fingerprint density at radius 2 is 2.10 bits per heavy atom. The summed E-state index contributed by atoms with van der Waals surface area (Å²) < 4.78 is 13.9. The van der Waals surface area contributed by atoms with Gasteiger partial charge in [-0.05, 0) is 37.4 Å². The van der Waals surface area contributed by atoms with Crippen molar-refractivity contribution in [3.63, 3.8) is 0 Å². The van der Waals surface area contributed by atoms with E-state index in [0.29, 0.717) is 11.6 Å². The minimum atomic E-state index is -0.195. The molecule has 1 unspecified atom stereocenters. The molecule has 2 nitrogen and oxygen atoms in total. The predicted molar refractivity (Wildman–Crippen MR) is 81.4 cm³/mol. The number of aromatic nitrogens is 1. The summed E-state index contributed by atoms with van der Waals surface area (Å²) in [5.41, 5.74) is 1.98. The zero-order valence-electron chi connectivity index (χ0n) is 12.0. The highest BCUT2D eigenvalue weighted by atomic mass is 32.1. The van der Waals surface area contributed by atoms with Crippen molar-refractivity contribution in [2.75, 3.05) is 7.05 Å². The van der Waals surface area contributed by atoms with Crippen molar-refractivity contribution in [3.05, 3.63) is 40.7 Å². The Kier molecular flexibility index (Phi) is 3.38. The maximum Gasteiger partial charge on any atom is 0.133 e. The fraction of sp³-hybridized carbons (Fsp3) is 0.438. The van der Waals surface area contributed by atoms with E-state index in [9.17, 15) is 4.39 Å². The largest absolute Gasteiger partial charge is 0.312 e. The van der Waals surface area contributed by atoms with Gasteiger partial charge in [0, 0.05) is 16.5 Å². The molecule has 1 atom stereocenters. The summed E-state index contributed by atoms with van der Waals surface area (Å²) in [6.45, 7) is 4.53. The number of rotatable bonds is 2. The first kappa shape index (κ1) is 13.7. The van der Waals surface area contributed by atoms with Crippen molar-refractivity contribution in [1.82, 2.24) is 10.3 Å². The minimum absolute atomic E-state index is 0.195. The average Bonchev–Trinajstić information content (AvgIpc) is 2.80. The second-order valence-electron chi connectivity index (χ2n) is 6.20. The number of benzene rings is 1. The Balaban J connectivity index is 2.07. The molecule has 1 heterocycles. The molecule has 1 aromatic carbocycles. The number of hydrogen-bond donors (Lipinski definition) is 1. The molecule has 1 aliphatic carbocycles. The van der Waals surface area contributed by atoms with E-state index in [1.807, 2.05) is 13.1 Å². The zero-order valence-corrected chi connectivity index (χ0v) is 12.9. The van der Waals surface area contributed by atoms with Crippen LogP contribution >= 0.6 is 11.3 Å². The third kappa shape index (κ3) is 2.38. The monoisotopic (exact) mass is 290 g/mol. The van der Waals surface area contributed by atoms with Gasteiger partial charge in [-0.15, -0.1) is 11.3 Å². The maximum absolute atomic E-state index is 13.9. The second-order valence-corrected chi connectivity index (χ2v) is 7.23. The molecule has 0 amide bonds. The van der Waals surface area contributed by atoms with Crippen molar-refractivity contribution < 1.29 is 4.39 Å². The van der Waals surface area contributed by atoms with Crippen LogP contribution in [0.4, 0.5) is 4.39 Å². The van der Waals surface area contributed by atoms with Crippen LogP contribution in [0.5, 0.6) is 0 Å². The summed E-state index contributed by atoms with van der Waals surface area (Å²) in [5, 5.41) is 4.17. The molecule has 3 rings (SSSR count). The van der Waals surface area contributed by atoms with Gasteiger partial charge in [-0.25, -0.2) is 9.37 Å². The van der Waals surface area contributed by atoms with Crippen LogP contribution in [0.25, 0.3) is 10.6 Å². The molecule has 4 heteroatoms. The quantitative estimate of drug-likeness (QED) is 0.897. The van der Waals surface area contributed by atoms with E-state index in [1.54, 1.807) is 23.5 Å². The average molecular weight is 290 g/mol. The Labute approximate surface area is 123 Å². The fourth-order valence-corrected chi connectivity index (χ4v) is 4.13. The van der Waals surface area contributed by atoms with Gasteiger partial charge in [0.2, 0.25) is 0 Å². The van der Waals surface area contributed by atoms with Gasteiger partial charge in [-0.3, -0.25) is 0 Å². The van der Waals surface area contributed by atoms with E-state index in [4.69, 9.17) is 4.98 Å². The first-order chi connectivity index (χ1) is 9.50. The van der Waals surface area contributed by atoms with Gasteiger partial charge < -0.3 is 5.32 Å². The summed E-state index contributed by atoms with van der Waals surface area (Å²) in [6, 6.07) is 7.20. The number of nitrogens with zero attached hydrogens (tertiary/aromatic N) is 1. The van der Waals surface area contributed by atoms with E-state index in [0.717, 1.165) is 23.5 Å². The molecule has 2 aromatic rings. The van der Waals surface area contributed by atoms with Gasteiger partial charge in [-0.1, -0.05) is 26.0 Å². The Morgan fingerprint density at radius 3 is 2.80 bits per heavy atom. The van der Waals surface area contributed by atoms with Crippen molar-refractivity contribution >= 4 is 11.3 Å². The number of fused-ring (bicyclic) bond motifs is 1. The van der Waals surface area contributed by atoms with E-state index in [-0.39, 0.29) is 11.2 Å². The lowest BCUT2D eigenvalue weighted by molar-refractivity contribution is 0.265. The highest BCUT2D eigenvalue weighted by molar-refractivity contribution is 7.15. The van der Waals surface area contributed by atoms with Crippen LogP contribution in [0.3, 0.4) is 0 Å². The second kappa shape index (κ2) is 4.93. The van der Waals surface area contributed by atoms with Crippen molar-refractivity contribution in [3.8, 4) is 10.6 Å². The zero-order chi connectivity index (χ0) is 14.3. The van der Waals surface area contributed by atoms with Crippen LogP contribution in [-0.4, -0.2) is 12.0 Å². The third-order valence-corrected chi connectivity index (χ3v) is 5.14. The number of hydrogen-bond acceptors (Lipinski definition) is 3. The fourth-order valence-electron chi connectivity index (χ4n) is 2.92. The SMILES string of the molecule is CNC1CC(C)(C)Cc2nc(-c3ccccc3F)sc21. The van der Waals surface area contributed by atoms with E-state index >= 15 is 0 Å². The third-order valence-electron chi connectivity index (χ3n) is 3.90. The Hall–Kier alpha value is -1.26. The summed E-state index contributed by atoms with van der Waals surface area (Å²) in [5.74, 6) is -0.195. The number of thiazole rings is 1. The summed E-state index contributed by atoms with van der Waals surface area (Å²) in [7, 11) is 1.98. The molecule has 1 aromatic heterocycles. The minimum Gasteiger partial charge on any atom is -0.312 e. The molecular weight excluding hydrogens is 271 g/mol. The lowest BCUT2D eigenvalue weighted by Crippen LogP contribution is -2.30. The van der Waals surface area contributed by atoms with Crippen LogP contribution in [0.1, 0.15) is 36.9 Å². The number of halogens is 1. The topological polar surface area (TPSA) is 24.9 Å². The lowest BCUT2D eigenvalue weighted by atomic mass is 9.76. The van der Waals surface area contributed by atoms with E-state index in [2.05, 4.69) is 19.2 Å². The van der Waals surface area contributed by atoms with Gasteiger partial charge in [-0.2, -0.15) is 0 Å². The van der Waals surface area contributed by atoms with Gasteiger partial charge in [0.25, 0.3) is 0 Å². The molecule has 0 saturated heterocycles. The lowest BCUT2D eigenvalue weighted by Gasteiger charge is -2.34. The van der Waals surface area contributed by atoms with Crippen molar-refractivity contribution in [1.29, 1.82) is 0 Å². The van der Waals surface area contributed by atoms with Crippen LogP contribution in [0.2, 0.25) is 0 Å². The van der Waals surface area contributed by atoms with E-state index in [1.165, 1.54) is 10.9 Å². The van der Waals surface area contributed by atoms with Crippen LogP contribution in [0.15, 0.2) is 24.3 Å². The summed E-state index contributed by atoms with van der Waals surface area (Å²) >= 11 is 1.62. The molecule has 1 N–H and O–H groups in total. The molecule has 0 aliphatic heterocycles. The van der Waals surface area contributed by atoms with Gasteiger partial charge in [0.1, 0.15) is 10.8 Å². The van der Waals surface area contributed by atoms with Crippen molar-refractivity contribution in [2.45, 2.75) is 32.7 Å². The van der Waals surface area contributed by atoms with Crippen LogP contribution < -0.4 is 5.32 Å².